The lowest BCUT2D eigenvalue weighted by Gasteiger charge is -2.02. The van der Waals surface area contributed by atoms with E-state index in [2.05, 4.69) is 26.0 Å². The first kappa shape index (κ1) is 10.3. The van der Waals surface area contributed by atoms with Crippen LogP contribution in [0.15, 0.2) is 47.1 Å². The molecule has 17 heavy (non-hydrogen) atoms. The van der Waals surface area contributed by atoms with Crippen molar-refractivity contribution in [3.05, 3.63) is 47.1 Å². The Kier molecular flexibility index (Phi) is 2.33. The fourth-order valence-electron chi connectivity index (χ4n) is 1.67. The molecule has 5 heteroatoms. The van der Waals surface area contributed by atoms with Gasteiger partial charge in [-0.25, -0.2) is 9.67 Å². The lowest BCUT2D eigenvalue weighted by atomic mass is 10.2. The first-order valence-electron chi connectivity index (χ1n) is 5.11. The smallest absolute Gasteiger partial charge is 0.160 e. The zero-order valence-corrected chi connectivity index (χ0v) is 10.4. The van der Waals surface area contributed by atoms with Crippen LogP contribution < -0.4 is 5.73 Å². The van der Waals surface area contributed by atoms with Gasteiger partial charge in [0.05, 0.1) is 9.99 Å². The number of hydrogen-bond donors (Lipinski definition) is 1. The predicted molar refractivity (Wildman–Crippen MR) is 71.0 cm³/mol. The normalized spacial score (nSPS) is 10.9. The molecule has 0 saturated carbocycles. The summed E-state index contributed by atoms with van der Waals surface area (Å²) in [4.78, 5) is 4.52. The number of nitrogens with two attached hydrogens (primary N) is 1. The monoisotopic (exact) mass is 288 g/mol. The van der Waals surface area contributed by atoms with E-state index in [0.717, 1.165) is 21.2 Å². The quantitative estimate of drug-likeness (QED) is 0.749. The number of para-hydroxylation sites is 1. The van der Waals surface area contributed by atoms with Crippen LogP contribution in [0.25, 0.3) is 16.7 Å². The Morgan fingerprint density at radius 2 is 1.94 bits per heavy atom. The highest BCUT2D eigenvalue weighted by atomic mass is 79.9. The maximum absolute atomic E-state index is 5.68. The Morgan fingerprint density at radius 1 is 1.12 bits per heavy atom. The number of benzene rings is 1. The van der Waals surface area contributed by atoms with Crippen LogP contribution in [0.3, 0.4) is 0 Å². The third-order valence-electron chi connectivity index (χ3n) is 2.51. The third-order valence-corrected chi connectivity index (χ3v) is 3.13. The van der Waals surface area contributed by atoms with Crippen LogP contribution in [0.1, 0.15) is 0 Å². The highest BCUT2D eigenvalue weighted by Crippen LogP contribution is 2.20. The maximum Gasteiger partial charge on any atom is 0.160 e. The fraction of sp³-hybridized carbons (Fsp3) is 0. The van der Waals surface area contributed by atoms with Crippen LogP contribution in [0.5, 0.6) is 0 Å². The minimum absolute atomic E-state index is 0.458. The van der Waals surface area contributed by atoms with E-state index >= 15 is 0 Å². The van der Waals surface area contributed by atoms with Crippen molar-refractivity contribution < 1.29 is 0 Å². The van der Waals surface area contributed by atoms with Crippen LogP contribution in [0.4, 0.5) is 5.82 Å². The minimum atomic E-state index is 0.458. The molecule has 0 amide bonds. The molecule has 0 aliphatic rings. The van der Waals surface area contributed by atoms with Crippen molar-refractivity contribution in [2.75, 3.05) is 5.73 Å². The third kappa shape index (κ3) is 1.78. The number of aromatic nitrogens is 3. The molecule has 0 aliphatic carbocycles. The van der Waals surface area contributed by atoms with Gasteiger partial charge in [0.2, 0.25) is 0 Å². The van der Waals surface area contributed by atoms with E-state index < -0.39 is 0 Å². The molecule has 2 N–H and O–H groups in total. The first-order chi connectivity index (χ1) is 8.24. The molecule has 2 aromatic heterocycles. The topological polar surface area (TPSA) is 56.7 Å². The number of fused-ring (bicyclic) bond motifs is 1. The summed E-state index contributed by atoms with van der Waals surface area (Å²) in [5.74, 6) is 1.21. The number of rotatable bonds is 1. The van der Waals surface area contributed by atoms with Gasteiger partial charge in [-0.05, 0) is 34.1 Å². The zero-order valence-electron chi connectivity index (χ0n) is 8.84. The van der Waals surface area contributed by atoms with E-state index in [0.29, 0.717) is 5.82 Å². The Labute approximate surface area is 106 Å². The van der Waals surface area contributed by atoms with Crippen molar-refractivity contribution in [1.82, 2.24) is 14.8 Å². The van der Waals surface area contributed by atoms with Gasteiger partial charge in [-0.1, -0.05) is 18.2 Å². The molecule has 2 heterocycles. The van der Waals surface area contributed by atoms with Crippen molar-refractivity contribution in [1.29, 1.82) is 0 Å². The highest BCUT2D eigenvalue weighted by Gasteiger charge is 2.05. The van der Waals surface area contributed by atoms with Crippen LogP contribution >= 0.6 is 15.9 Å². The molecule has 84 valence electrons. The Bertz CT molecular complexity index is 670. The van der Waals surface area contributed by atoms with Gasteiger partial charge in [0.1, 0.15) is 0 Å². The molecule has 0 aliphatic heterocycles. The summed E-state index contributed by atoms with van der Waals surface area (Å²) < 4.78 is 2.43. The molecule has 0 bridgehead atoms. The van der Waals surface area contributed by atoms with Crippen LogP contribution in [-0.2, 0) is 0 Å². The molecule has 3 rings (SSSR count). The highest BCUT2D eigenvalue weighted by molar-refractivity contribution is 9.10. The van der Waals surface area contributed by atoms with Gasteiger partial charge in [-0.3, -0.25) is 0 Å². The van der Waals surface area contributed by atoms with Crippen molar-refractivity contribution >= 4 is 32.7 Å². The summed E-state index contributed by atoms with van der Waals surface area (Å²) in [5.41, 5.74) is 6.62. The number of hydrogen-bond acceptors (Lipinski definition) is 3. The van der Waals surface area contributed by atoms with Crippen molar-refractivity contribution in [3.63, 3.8) is 0 Å². The van der Waals surface area contributed by atoms with Gasteiger partial charge >= 0.3 is 0 Å². The molecular weight excluding hydrogens is 280 g/mol. The fourth-order valence-corrected chi connectivity index (χ4v) is 1.94. The van der Waals surface area contributed by atoms with Gasteiger partial charge in [0, 0.05) is 11.6 Å². The first-order valence-corrected chi connectivity index (χ1v) is 5.90. The van der Waals surface area contributed by atoms with Crippen LogP contribution in [0, 0.1) is 0 Å². The van der Waals surface area contributed by atoms with E-state index in [4.69, 9.17) is 5.73 Å². The molecule has 1 aromatic carbocycles. The second-order valence-electron chi connectivity index (χ2n) is 3.67. The molecule has 0 atom stereocenters. The minimum Gasteiger partial charge on any atom is -0.381 e. The summed E-state index contributed by atoms with van der Waals surface area (Å²) in [7, 11) is 0. The summed E-state index contributed by atoms with van der Waals surface area (Å²) in [6.45, 7) is 0. The largest absolute Gasteiger partial charge is 0.381 e. The molecule has 4 nitrogen and oxygen atoms in total. The number of anilines is 1. The van der Waals surface area contributed by atoms with Gasteiger partial charge in [0.25, 0.3) is 0 Å². The Balaban J connectivity index is 2.17. The predicted octanol–water partition coefficient (Wildman–Crippen LogP) is 2.77. The standard InChI is InChI=1S/C12H9BrN4/c13-9-7-17(16-12(9)14)11-6-5-8-3-1-2-4-10(8)15-11/h1-7H,(H2,14,16). The van der Waals surface area contributed by atoms with Gasteiger partial charge in [-0.15, -0.1) is 5.10 Å². The summed E-state index contributed by atoms with van der Waals surface area (Å²) in [5, 5.41) is 5.28. The van der Waals surface area contributed by atoms with E-state index in [9.17, 15) is 0 Å². The van der Waals surface area contributed by atoms with E-state index in [1.165, 1.54) is 0 Å². The Hall–Kier alpha value is -1.88. The van der Waals surface area contributed by atoms with E-state index in [-0.39, 0.29) is 0 Å². The van der Waals surface area contributed by atoms with Crippen molar-refractivity contribution in [3.8, 4) is 5.82 Å². The average Bonchev–Trinajstić information content (AvgIpc) is 2.69. The van der Waals surface area contributed by atoms with Gasteiger partial charge < -0.3 is 5.73 Å². The van der Waals surface area contributed by atoms with Crippen LogP contribution in [-0.4, -0.2) is 14.8 Å². The number of halogens is 1. The second-order valence-corrected chi connectivity index (χ2v) is 4.52. The summed E-state index contributed by atoms with van der Waals surface area (Å²) >= 11 is 3.33. The van der Waals surface area contributed by atoms with Crippen LogP contribution in [0.2, 0.25) is 0 Å². The van der Waals surface area contributed by atoms with Gasteiger partial charge in [-0.2, -0.15) is 0 Å². The number of pyridine rings is 1. The maximum atomic E-state index is 5.68. The molecule has 3 aromatic rings. The molecule has 0 unspecified atom stereocenters. The number of nitrogen functional groups attached to an aromatic ring is 1. The van der Waals surface area contributed by atoms with Crippen molar-refractivity contribution in [2.24, 2.45) is 0 Å². The summed E-state index contributed by atoms with van der Waals surface area (Å²) in [6.07, 6.45) is 1.80. The molecular formula is C12H9BrN4. The molecule has 0 radical (unpaired) electrons. The van der Waals surface area contributed by atoms with Crippen molar-refractivity contribution in [2.45, 2.75) is 0 Å². The average molecular weight is 289 g/mol. The van der Waals surface area contributed by atoms with E-state index in [1.807, 2.05) is 36.4 Å². The van der Waals surface area contributed by atoms with E-state index in [1.54, 1.807) is 10.9 Å². The molecule has 0 saturated heterocycles. The SMILES string of the molecule is Nc1nn(-c2ccc3ccccc3n2)cc1Br. The molecule has 0 fully saturated rings. The lowest BCUT2D eigenvalue weighted by Crippen LogP contribution is -1.99. The Morgan fingerprint density at radius 3 is 2.71 bits per heavy atom. The molecule has 0 spiro atoms. The number of nitrogens with zero attached hydrogens (tertiary/aromatic N) is 3. The zero-order chi connectivity index (χ0) is 11.8. The summed E-state index contributed by atoms with van der Waals surface area (Å²) in [6, 6.07) is 11.9. The van der Waals surface area contributed by atoms with Gasteiger partial charge in [0.15, 0.2) is 11.6 Å². The second kappa shape index (κ2) is 3.85. The lowest BCUT2D eigenvalue weighted by molar-refractivity contribution is 0.857.